The van der Waals surface area contributed by atoms with Gasteiger partial charge in [0.15, 0.2) is 0 Å². The van der Waals surface area contributed by atoms with Gasteiger partial charge in [0.1, 0.15) is 0 Å². The van der Waals surface area contributed by atoms with Crippen LogP contribution in [0.1, 0.15) is 112 Å². The maximum Gasteiger partial charge on any atom is 0.0577 e. The van der Waals surface area contributed by atoms with E-state index in [1.807, 2.05) is 0 Å². The summed E-state index contributed by atoms with van der Waals surface area (Å²) in [6.45, 7) is 15.1. The van der Waals surface area contributed by atoms with E-state index in [1.165, 1.54) is 57.8 Å². The molecule has 1 N–H and O–H groups in total. The van der Waals surface area contributed by atoms with E-state index in [9.17, 15) is 5.11 Å². The fourth-order valence-corrected chi connectivity index (χ4v) is 9.30. The fraction of sp³-hybridized carbons (Fsp3) is 0.931. The number of fused-ring (bicyclic) bond motifs is 5. The standard InChI is InChI=1S/C29H50O/c1-7-21(19(2)3)9-8-20(4)25-12-13-26-24-11-10-22-18-23(30)14-16-28(22,5)27(24)15-17-29(25,26)6/h10,19-21,23-27,30H,7-9,11-18H2,1-6H3/t20?,21-,23-,24+,25-,26+,27+,28+,29-/m1/s1. The van der Waals surface area contributed by atoms with Crippen LogP contribution in [0.2, 0.25) is 0 Å². The first-order valence-corrected chi connectivity index (χ1v) is 13.6. The Bertz CT molecular complexity index is 634. The minimum absolute atomic E-state index is 0.0794. The Morgan fingerprint density at radius 3 is 2.47 bits per heavy atom. The van der Waals surface area contributed by atoms with Crippen LogP contribution in [0, 0.1) is 52.3 Å². The van der Waals surface area contributed by atoms with Gasteiger partial charge in [-0.1, -0.05) is 66.0 Å². The van der Waals surface area contributed by atoms with Gasteiger partial charge in [-0.2, -0.15) is 0 Å². The molecule has 0 bridgehead atoms. The van der Waals surface area contributed by atoms with E-state index in [4.69, 9.17) is 0 Å². The van der Waals surface area contributed by atoms with Crippen LogP contribution in [0.4, 0.5) is 0 Å². The molecule has 3 saturated carbocycles. The molecule has 0 aromatic rings. The van der Waals surface area contributed by atoms with Gasteiger partial charge in [-0.25, -0.2) is 0 Å². The van der Waals surface area contributed by atoms with Crippen LogP contribution >= 0.6 is 0 Å². The van der Waals surface area contributed by atoms with Gasteiger partial charge in [0.2, 0.25) is 0 Å². The van der Waals surface area contributed by atoms with E-state index >= 15 is 0 Å². The van der Waals surface area contributed by atoms with E-state index in [-0.39, 0.29) is 6.10 Å². The molecular formula is C29H50O. The van der Waals surface area contributed by atoms with Crippen molar-refractivity contribution in [2.24, 2.45) is 52.3 Å². The van der Waals surface area contributed by atoms with E-state index in [0.717, 1.165) is 54.3 Å². The first-order chi connectivity index (χ1) is 14.2. The monoisotopic (exact) mass is 414 g/mol. The quantitative estimate of drug-likeness (QED) is 0.436. The zero-order valence-electron chi connectivity index (χ0n) is 20.9. The summed E-state index contributed by atoms with van der Waals surface area (Å²) in [5, 5.41) is 10.2. The van der Waals surface area contributed by atoms with E-state index < -0.39 is 0 Å². The molecule has 3 fully saturated rings. The van der Waals surface area contributed by atoms with Gasteiger partial charge in [0.25, 0.3) is 0 Å². The Kier molecular flexibility index (Phi) is 6.53. The van der Waals surface area contributed by atoms with Crippen molar-refractivity contribution < 1.29 is 5.11 Å². The van der Waals surface area contributed by atoms with Gasteiger partial charge in [-0.3, -0.25) is 0 Å². The number of aliphatic hydroxyl groups is 1. The zero-order valence-corrected chi connectivity index (χ0v) is 20.9. The van der Waals surface area contributed by atoms with Crippen molar-refractivity contribution >= 4 is 0 Å². The molecule has 0 radical (unpaired) electrons. The molecule has 0 aliphatic heterocycles. The summed E-state index contributed by atoms with van der Waals surface area (Å²) in [7, 11) is 0. The molecule has 0 spiro atoms. The van der Waals surface area contributed by atoms with E-state index in [0.29, 0.717) is 10.8 Å². The van der Waals surface area contributed by atoms with Gasteiger partial charge in [0.05, 0.1) is 6.10 Å². The predicted octanol–water partition coefficient (Wildman–Crippen LogP) is 8.02. The van der Waals surface area contributed by atoms with Crippen molar-refractivity contribution in [2.45, 2.75) is 118 Å². The Balaban J connectivity index is 1.47. The van der Waals surface area contributed by atoms with Crippen molar-refractivity contribution in [2.75, 3.05) is 0 Å². The summed E-state index contributed by atoms with van der Waals surface area (Å²) < 4.78 is 0. The van der Waals surface area contributed by atoms with Crippen LogP contribution in [0.25, 0.3) is 0 Å². The lowest BCUT2D eigenvalue weighted by Crippen LogP contribution is -2.50. The van der Waals surface area contributed by atoms with Crippen molar-refractivity contribution in [1.29, 1.82) is 0 Å². The Morgan fingerprint density at radius 2 is 1.77 bits per heavy atom. The van der Waals surface area contributed by atoms with Crippen molar-refractivity contribution in [3.63, 3.8) is 0 Å². The van der Waals surface area contributed by atoms with Gasteiger partial charge >= 0.3 is 0 Å². The third-order valence-electron chi connectivity index (χ3n) is 11.3. The molecule has 0 saturated heterocycles. The Hall–Kier alpha value is -0.300. The first-order valence-electron chi connectivity index (χ1n) is 13.6. The summed E-state index contributed by atoms with van der Waals surface area (Å²) in [6, 6.07) is 0. The van der Waals surface area contributed by atoms with Crippen molar-refractivity contribution in [3.05, 3.63) is 11.6 Å². The molecule has 4 aliphatic carbocycles. The second kappa shape index (κ2) is 8.57. The maximum absolute atomic E-state index is 10.2. The van der Waals surface area contributed by atoms with E-state index in [2.05, 4.69) is 47.6 Å². The first kappa shape index (κ1) is 22.9. The normalized spacial score (nSPS) is 45.3. The molecule has 1 heteroatoms. The Labute approximate surface area is 187 Å². The number of hydrogen-bond acceptors (Lipinski definition) is 1. The largest absolute Gasteiger partial charge is 0.393 e. The molecule has 172 valence electrons. The van der Waals surface area contributed by atoms with Gasteiger partial charge in [-0.15, -0.1) is 0 Å². The van der Waals surface area contributed by atoms with Crippen LogP contribution in [0.3, 0.4) is 0 Å². The third kappa shape index (κ3) is 3.74. The molecular weight excluding hydrogens is 364 g/mol. The molecule has 1 nitrogen and oxygen atoms in total. The van der Waals surface area contributed by atoms with Gasteiger partial charge < -0.3 is 5.11 Å². The van der Waals surface area contributed by atoms with E-state index in [1.54, 1.807) is 5.57 Å². The second-order valence-electron chi connectivity index (χ2n) is 12.9. The minimum Gasteiger partial charge on any atom is -0.393 e. The molecule has 30 heavy (non-hydrogen) atoms. The number of allylic oxidation sites excluding steroid dienone is 1. The summed E-state index contributed by atoms with van der Waals surface area (Å²) in [4.78, 5) is 0. The number of rotatable bonds is 6. The third-order valence-corrected chi connectivity index (χ3v) is 11.3. The predicted molar refractivity (Wildman–Crippen MR) is 128 cm³/mol. The highest BCUT2D eigenvalue weighted by Gasteiger charge is 2.59. The van der Waals surface area contributed by atoms with Crippen LogP contribution < -0.4 is 0 Å². The highest BCUT2D eigenvalue weighted by atomic mass is 16.3. The molecule has 4 rings (SSSR count). The lowest BCUT2D eigenvalue weighted by molar-refractivity contribution is -0.0575. The van der Waals surface area contributed by atoms with Gasteiger partial charge in [0, 0.05) is 0 Å². The second-order valence-corrected chi connectivity index (χ2v) is 12.9. The lowest BCUT2D eigenvalue weighted by Gasteiger charge is -2.58. The molecule has 1 unspecified atom stereocenters. The molecule has 0 aromatic carbocycles. The lowest BCUT2D eigenvalue weighted by atomic mass is 9.47. The van der Waals surface area contributed by atoms with Crippen molar-refractivity contribution in [1.82, 2.24) is 0 Å². The minimum atomic E-state index is -0.0794. The summed E-state index contributed by atoms with van der Waals surface area (Å²) in [5.74, 6) is 6.31. The highest BCUT2D eigenvalue weighted by Crippen LogP contribution is 2.67. The molecule has 0 aromatic heterocycles. The van der Waals surface area contributed by atoms with Gasteiger partial charge in [-0.05, 0) is 110 Å². The topological polar surface area (TPSA) is 20.2 Å². The molecule has 9 atom stereocenters. The average Bonchev–Trinajstić information content (AvgIpc) is 3.06. The Morgan fingerprint density at radius 1 is 1.00 bits per heavy atom. The average molecular weight is 415 g/mol. The maximum atomic E-state index is 10.2. The SMILES string of the molecule is CC[C@H](CCC(C)[C@H]1CC[C@H]2[C@@H]3CC=C4C[C@H](O)CC[C@]4(C)[C@H]3CC[C@]12C)C(C)C. The zero-order chi connectivity index (χ0) is 21.7. The summed E-state index contributed by atoms with van der Waals surface area (Å²) >= 11 is 0. The smallest absolute Gasteiger partial charge is 0.0577 e. The van der Waals surface area contributed by atoms with Crippen LogP contribution in [-0.4, -0.2) is 11.2 Å². The molecule has 4 aliphatic rings. The summed E-state index contributed by atoms with van der Waals surface area (Å²) in [5.41, 5.74) is 2.59. The van der Waals surface area contributed by atoms with Crippen molar-refractivity contribution in [3.8, 4) is 0 Å². The number of aliphatic hydroxyl groups excluding tert-OH is 1. The van der Waals surface area contributed by atoms with Crippen LogP contribution in [0.5, 0.6) is 0 Å². The molecule has 0 heterocycles. The van der Waals surface area contributed by atoms with Crippen LogP contribution in [-0.2, 0) is 0 Å². The fourth-order valence-electron chi connectivity index (χ4n) is 9.30. The highest BCUT2D eigenvalue weighted by molar-refractivity contribution is 5.25. The summed E-state index contributed by atoms with van der Waals surface area (Å²) in [6.07, 6.45) is 17.1. The number of hydrogen-bond donors (Lipinski definition) is 1. The molecule has 0 amide bonds. The van der Waals surface area contributed by atoms with Crippen LogP contribution in [0.15, 0.2) is 11.6 Å².